The smallest absolute Gasteiger partial charge is 0.255 e. The van der Waals surface area contributed by atoms with Gasteiger partial charge in [-0.1, -0.05) is 17.7 Å². The SMILES string of the molecule is COC1(C)CCN(C(=O)CC2CCN(c3ccc(C(=O)NC4CC4)cc3NC(=O)c3cccc(Cl)c3)CC2)CC1. The van der Waals surface area contributed by atoms with Crippen molar-refractivity contribution >= 4 is 40.7 Å². The first kappa shape index (κ1) is 28.4. The monoisotopic (exact) mass is 566 g/mol. The number of anilines is 2. The van der Waals surface area contributed by atoms with Gasteiger partial charge in [-0.25, -0.2) is 0 Å². The van der Waals surface area contributed by atoms with E-state index in [1.54, 1.807) is 37.4 Å². The van der Waals surface area contributed by atoms with Crippen molar-refractivity contribution in [3.05, 3.63) is 58.6 Å². The molecule has 0 bridgehead atoms. The lowest BCUT2D eigenvalue weighted by Crippen LogP contribution is -2.46. The summed E-state index contributed by atoms with van der Waals surface area (Å²) in [5.41, 5.74) is 2.31. The summed E-state index contributed by atoms with van der Waals surface area (Å²) < 4.78 is 5.62. The lowest BCUT2D eigenvalue weighted by atomic mass is 9.90. The maximum atomic E-state index is 13.1. The molecule has 9 heteroatoms. The van der Waals surface area contributed by atoms with Crippen molar-refractivity contribution in [3.8, 4) is 0 Å². The molecule has 5 rings (SSSR count). The third-order valence-electron chi connectivity index (χ3n) is 8.59. The lowest BCUT2D eigenvalue weighted by Gasteiger charge is -2.39. The van der Waals surface area contributed by atoms with Crippen LogP contribution in [-0.4, -0.2) is 67.6 Å². The second-order valence-electron chi connectivity index (χ2n) is 11.6. The molecule has 8 nitrogen and oxygen atoms in total. The summed E-state index contributed by atoms with van der Waals surface area (Å²) in [4.78, 5) is 43.1. The van der Waals surface area contributed by atoms with E-state index in [2.05, 4.69) is 22.5 Å². The van der Waals surface area contributed by atoms with Gasteiger partial charge in [0, 0.05) is 61.9 Å². The van der Waals surface area contributed by atoms with Crippen LogP contribution in [0.25, 0.3) is 0 Å². The number of ether oxygens (including phenoxy) is 1. The number of halogens is 1. The Labute approximate surface area is 241 Å². The maximum Gasteiger partial charge on any atom is 0.255 e. The van der Waals surface area contributed by atoms with E-state index >= 15 is 0 Å². The zero-order valence-electron chi connectivity index (χ0n) is 23.4. The molecule has 0 spiro atoms. The molecular formula is C31H39ClN4O4. The first-order valence-corrected chi connectivity index (χ1v) is 14.7. The highest BCUT2D eigenvalue weighted by atomic mass is 35.5. The molecule has 2 aliphatic heterocycles. The average Bonchev–Trinajstić information content (AvgIpc) is 3.78. The molecule has 0 radical (unpaired) electrons. The largest absolute Gasteiger partial charge is 0.378 e. The average molecular weight is 567 g/mol. The molecular weight excluding hydrogens is 528 g/mol. The number of nitrogens with one attached hydrogen (secondary N) is 2. The van der Waals surface area contributed by atoms with Crippen LogP contribution in [0.4, 0.5) is 11.4 Å². The third-order valence-corrected chi connectivity index (χ3v) is 8.83. The molecule has 0 aromatic heterocycles. The quantitative estimate of drug-likeness (QED) is 0.463. The van der Waals surface area contributed by atoms with Gasteiger partial charge in [-0.2, -0.15) is 0 Å². The van der Waals surface area contributed by atoms with Gasteiger partial charge < -0.3 is 25.2 Å². The molecule has 0 atom stereocenters. The molecule has 40 heavy (non-hydrogen) atoms. The number of carbonyl (C=O) groups excluding carboxylic acids is 3. The minimum Gasteiger partial charge on any atom is -0.378 e. The molecule has 0 unspecified atom stereocenters. The van der Waals surface area contributed by atoms with Crippen molar-refractivity contribution in [3.63, 3.8) is 0 Å². The van der Waals surface area contributed by atoms with E-state index in [-0.39, 0.29) is 29.4 Å². The van der Waals surface area contributed by atoms with Crippen LogP contribution in [0.5, 0.6) is 0 Å². The summed E-state index contributed by atoms with van der Waals surface area (Å²) in [7, 11) is 1.75. The fraction of sp³-hybridized carbons (Fsp3) is 0.516. The van der Waals surface area contributed by atoms with Crippen molar-refractivity contribution in [1.82, 2.24) is 10.2 Å². The van der Waals surface area contributed by atoms with Crippen molar-refractivity contribution < 1.29 is 19.1 Å². The third kappa shape index (κ3) is 6.96. The highest BCUT2D eigenvalue weighted by Crippen LogP contribution is 2.33. The van der Waals surface area contributed by atoms with Gasteiger partial charge in [0.25, 0.3) is 11.8 Å². The number of hydrogen-bond acceptors (Lipinski definition) is 5. The number of hydrogen-bond donors (Lipinski definition) is 2. The molecule has 214 valence electrons. The van der Waals surface area contributed by atoms with Crippen LogP contribution < -0.4 is 15.5 Å². The Hall–Kier alpha value is -3.10. The Morgan fingerprint density at radius 3 is 2.30 bits per heavy atom. The Morgan fingerprint density at radius 1 is 0.950 bits per heavy atom. The number of rotatable bonds is 8. The van der Waals surface area contributed by atoms with Crippen LogP contribution in [0.15, 0.2) is 42.5 Å². The Morgan fingerprint density at radius 2 is 1.65 bits per heavy atom. The minimum absolute atomic E-state index is 0.129. The van der Waals surface area contributed by atoms with Gasteiger partial charge in [-0.15, -0.1) is 0 Å². The van der Waals surface area contributed by atoms with Crippen LogP contribution in [0.3, 0.4) is 0 Å². The molecule has 2 heterocycles. The summed E-state index contributed by atoms with van der Waals surface area (Å²) in [6.45, 7) is 5.15. The van der Waals surface area contributed by atoms with Gasteiger partial charge in [-0.3, -0.25) is 14.4 Å². The summed E-state index contributed by atoms with van der Waals surface area (Å²) in [5.74, 6) is 0.146. The Bertz CT molecular complexity index is 1250. The van der Waals surface area contributed by atoms with Gasteiger partial charge in [0.15, 0.2) is 0 Å². The first-order valence-electron chi connectivity index (χ1n) is 14.3. The van der Waals surface area contributed by atoms with Crippen molar-refractivity contribution in [1.29, 1.82) is 0 Å². The number of nitrogens with zero attached hydrogens (tertiary/aromatic N) is 2. The van der Waals surface area contributed by atoms with Crippen LogP contribution in [0.1, 0.15) is 72.6 Å². The summed E-state index contributed by atoms with van der Waals surface area (Å²) in [5, 5.41) is 6.53. The summed E-state index contributed by atoms with van der Waals surface area (Å²) in [6, 6.07) is 12.5. The van der Waals surface area contributed by atoms with Crippen molar-refractivity contribution in [2.75, 3.05) is 43.5 Å². The van der Waals surface area contributed by atoms with E-state index in [4.69, 9.17) is 16.3 Å². The highest BCUT2D eigenvalue weighted by Gasteiger charge is 2.33. The van der Waals surface area contributed by atoms with Crippen LogP contribution in [0, 0.1) is 5.92 Å². The Kier molecular flexibility index (Phi) is 8.66. The maximum absolute atomic E-state index is 13.1. The van der Waals surface area contributed by atoms with Crippen LogP contribution >= 0.6 is 11.6 Å². The van der Waals surface area contributed by atoms with Gasteiger partial charge in [0.2, 0.25) is 5.91 Å². The number of methoxy groups -OCH3 is 1. The minimum atomic E-state index is -0.282. The van der Waals surface area contributed by atoms with Gasteiger partial charge in [-0.05, 0) is 87.8 Å². The molecule has 2 saturated heterocycles. The zero-order valence-corrected chi connectivity index (χ0v) is 24.1. The fourth-order valence-electron chi connectivity index (χ4n) is 5.56. The molecule has 1 aliphatic carbocycles. The van der Waals surface area contributed by atoms with E-state index in [0.717, 1.165) is 70.4 Å². The van der Waals surface area contributed by atoms with E-state index < -0.39 is 0 Å². The normalized spacial score (nSPS) is 19.3. The molecule has 1 saturated carbocycles. The number of piperidine rings is 2. The topological polar surface area (TPSA) is 91.0 Å². The van der Waals surface area contributed by atoms with Crippen molar-refractivity contribution in [2.45, 2.75) is 63.5 Å². The zero-order chi connectivity index (χ0) is 28.3. The number of benzene rings is 2. The standard InChI is InChI=1S/C31H39ClN4O4/c1-31(40-2)12-16-36(17-13-31)28(37)18-21-10-14-35(15-11-21)27-9-6-23(29(38)33-25-7-8-25)20-26(27)34-30(39)22-4-3-5-24(32)19-22/h3-6,9,19-21,25H,7-8,10-18H2,1-2H3,(H,33,38)(H,34,39). The molecule has 2 aromatic rings. The second-order valence-corrected chi connectivity index (χ2v) is 12.0. The van der Waals surface area contributed by atoms with Crippen LogP contribution in [0.2, 0.25) is 5.02 Å². The molecule has 3 amide bonds. The van der Waals surface area contributed by atoms with Gasteiger partial charge >= 0.3 is 0 Å². The molecule has 2 N–H and O–H groups in total. The molecule has 2 aromatic carbocycles. The van der Waals surface area contributed by atoms with E-state index in [9.17, 15) is 14.4 Å². The fourth-order valence-corrected chi connectivity index (χ4v) is 5.75. The van der Waals surface area contributed by atoms with Crippen LogP contribution in [-0.2, 0) is 9.53 Å². The summed E-state index contributed by atoms with van der Waals surface area (Å²) >= 11 is 6.11. The molecule has 3 fully saturated rings. The second kappa shape index (κ2) is 12.2. The van der Waals surface area contributed by atoms with E-state index in [1.807, 2.05) is 17.0 Å². The van der Waals surface area contributed by atoms with E-state index in [0.29, 0.717) is 34.2 Å². The molecule has 3 aliphatic rings. The predicted molar refractivity (Wildman–Crippen MR) is 157 cm³/mol. The first-order chi connectivity index (χ1) is 19.2. The number of likely N-dealkylation sites (tertiary alicyclic amines) is 1. The van der Waals surface area contributed by atoms with E-state index in [1.165, 1.54) is 0 Å². The number of carbonyl (C=O) groups is 3. The highest BCUT2D eigenvalue weighted by molar-refractivity contribution is 6.31. The van der Waals surface area contributed by atoms with Crippen molar-refractivity contribution in [2.24, 2.45) is 5.92 Å². The summed E-state index contributed by atoms with van der Waals surface area (Å²) in [6.07, 6.45) is 6.09. The van der Waals surface area contributed by atoms with Gasteiger partial charge in [0.05, 0.1) is 17.0 Å². The van der Waals surface area contributed by atoms with Gasteiger partial charge in [0.1, 0.15) is 0 Å². The predicted octanol–water partition coefficient (Wildman–Crippen LogP) is 5.12. The lowest BCUT2D eigenvalue weighted by molar-refractivity contribution is -0.137. The number of amides is 3. The Balaban J connectivity index is 1.24.